The molecule has 0 spiro atoms. The van der Waals surface area contributed by atoms with Gasteiger partial charge < -0.3 is 24.3 Å². The molecule has 0 aliphatic carbocycles. The molecule has 0 radical (unpaired) electrons. The molecule has 8 heteroatoms. The van der Waals surface area contributed by atoms with Crippen molar-refractivity contribution in [2.75, 3.05) is 18.6 Å². The van der Waals surface area contributed by atoms with Gasteiger partial charge in [-0.15, -0.1) is 0 Å². The summed E-state index contributed by atoms with van der Waals surface area (Å²) in [5.74, 6) is 2.02. The van der Waals surface area contributed by atoms with Crippen molar-refractivity contribution in [2.24, 2.45) is 0 Å². The third-order valence-electron chi connectivity index (χ3n) is 6.83. The zero-order valence-electron chi connectivity index (χ0n) is 24.3. The first-order valence-electron chi connectivity index (χ1n) is 13.7. The molecule has 40 heavy (non-hydrogen) atoms. The van der Waals surface area contributed by atoms with Crippen molar-refractivity contribution in [1.29, 1.82) is 0 Å². The Hall–Kier alpha value is -4.33. The molecule has 1 N–H and O–H groups in total. The van der Waals surface area contributed by atoms with Gasteiger partial charge in [0.25, 0.3) is 0 Å². The molecule has 0 aliphatic rings. The fraction of sp³-hybridized carbons (Fsp3) is 0.344. The third kappa shape index (κ3) is 6.81. The van der Waals surface area contributed by atoms with Crippen LogP contribution in [0, 0.1) is 13.8 Å². The largest absolute Gasteiger partial charge is 0.497 e. The highest BCUT2D eigenvalue weighted by molar-refractivity contribution is 5.76. The quantitative estimate of drug-likeness (QED) is 0.144. The first-order chi connectivity index (χ1) is 19.3. The molecule has 0 saturated carbocycles. The Bertz CT molecular complexity index is 1480. The van der Waals surface area contributed by atoms with E-state index in [0.29, 0.717) is 30.9 Å². The van der Waals surface area contributed by atoms with E-state index in [4.69, 9.17) is 14.5 Å². The number of methoxy groups -OCH3 is 1. The van der Waals surface area contributed by atoms with Gasteiger partial charge in [-0.2, -0.15) is 0 Å². The van der Waals surface area contributed by atoms with E-state index in [-0.39, 0.29) is 0 Å². The number of benzene rings is 2. The summed E-state index contributed by atoms with van der Waals surface area (Å²) in [6.45, 7) is 18.4. The standard InChI is InChI=1S/C32H40N6O2/c1-8-38(22(2)3)29-18-26(15-14-23(29)4)20-33-25(6)40-17-10-9-16-37-21-34-30-24(5)35-31(36-32(30)37)27-12-11-13-28(19-27)39-7/h8,11-15,18-19,21-22,33H,1,6,9-10,16-17,20H2,2-5,7H3. The fourth-order valence-electron chi connectivity index (χ4n) is 4.60. The van der Waals surface area contributed by atoms with E-state index < -0.39 is 0 Å². The number of nitrogens with one attached hydrogen (secondary N) is 1. The van der Waals surface area contributed by atoms with Crippen LogP contribution < -0.4 is 15.0 Å². The number of ether oxygens (including phenoxy) is 2. The highest BCUT2D eigenvalue weighted by Gasteiger charge is 2.13. The molecule has 0 bridgehead atoms. The average Bonchev–Trinajstić information content (AvgIpc) is 3.36. The predicted molar refractivity (Wildman–Crippen MR) is 162 cm³/mol. The lowest BCUT2D eigenvalue weighted by atomic mass is 10.1. The van der Waals surface area contributed by atoms with Crippen molar-refractivity contribution in [1.82, 2.24) is 24.8 Å². The topological polar surface area (TPSA) is 77.3 Å². The average molecular weight is 541 g/mol. The molecule has 4 rings (SSSR count). The molecule has 0 saturated heterocycles. The van der Waals surface area contributed by atoms with Gasteiger partial charge in [0.2, 0.25) is 0 Å². The number of aryl methyl sites for hydroxylation is 3. The molecular formula is C32H40N6O2. The highest BCUT2D eigenvalue weighted by Crippen LogP contribution is 2.25. The smallest absolute Gasteiger partial charge is 0.179 e. The number of anilines is 1. The van der Waals surface area contributed by atoms with E-state index in [9.17, 15) is 0 Å². The molecule has 0 fully saturated rings. The lowest BCUT2D eigenvalue weighted by Gasteiger charge is -2.27. The summed E-state index contributed by atoms with van der Waals surface area (Å²) in [6.07, 6.45) is 5.52. The Labute approximate surface area is 237 Å². The summed E-state index contributed by atoms with van der Waals surface area (Å²) in [6, 6.07) is 14.6. The van der Waals surface area contributed by atoms with Gasteiger partial charge in [0.1, 0.15) is 11.3 Å². The minimum Gasteiger partial charge on any atom is -0.497 e. The Morgan fingerprint density at radius 2 is 1.95 bits per heavy atom. The Balaban J connectivity index is 1.28. The van der Waals surface area contributed by atoms with Crippen LogP contribution in [-0.2, 0) is 17.8 Å². The van der Waals surface area contributed by atoms with Crippen molar-refractivity contribution >= 4 is 16.9 Å². The molecular weight excluding hydrogens is 500 g/mol. The Kier molecular flexibility index (Phi) is 9.43. The highest BCUT2D eigenvalue weighted by atomic mass is 16.5. The van der Waals surface area contributed by atoms with E-state index in [0.717, 1.165) is 53.1 Å². The van der Waals surface area contributed by atoms with Crippen molar-refractivity contribution in [3.8, 4) is 17.1 Å². The fourth-order valence-corrected chi connectivity index (χ4v) is 4.60. The number of rotatable bonds is 14. The second-order valence-corrected chi connectivity index (χ2v) is 10.1. The molecule has 2 heterocycles. The minimum atomic E-state index is 0.338. The van der Waals surface area contributed by atoms with Crippen molar-refractivity contribution < 1.29 is 9.47 Å². The Morgan fingerprint density at radius 1 is 1.12 bits per heavy atom. The molecule has 2 aromatic heterocycles. The maximum atomic E-state index is 5.85. The van der Waals surface area contributed by atoms with Crippen molar-refractivity contribution in [2.45, 2.75) is 59.7 Å². The van der Waals surface area contributed by atoms with E-state index >= 15 is 0 Å². The maximum absolute atomic E-state index is 5.85. The van der Waals surface area contributed by atoms with Crippen LogP contribution >= 0.6 is 0 Å². The van der Waals surface area contributed by atoms with Gasteiger partial charge in [-0.05, 0) is 82.6 Å². The second-order valence-electron chi connectivity index (χ2n) is 10.1. The molecule has 8 nitrogen and oxygen atoms in total. The molecule has 4 aromatic rings. The predicted octanol–water partition coefficient (Wildman–Crippen LogP) is 6.53. The van der Waals surface area contributed by atoms with Crippen LogP contribution in [0.25, 0.3) is 22.6 Å². The summed E-state index contributed by atoms with van der Waals surface area (Å²) in [4.78, 5) is 16.2. The normalized spacial score (nSPS) is 11.1. The van der Waals surface area contributed by atoms with E-state index in [2.05, 4.69) is 76.9 Å². The number of hydrogen-bond donors (Lipinski definition) is 1. The van der Waals surface area contributed by atoms with Crippen molar-refractivity contribution in [3.63, 3.8) is 0 Å². The molecule has 0 unspecified atom stereocenters. The first kappa shape index (κ1) is 28.7. The van der Waals surface area contributed by atoms with Crippen LogP contribution in [0.3, 0.4) is 0 Å². The van der Waals surface area contributed by atoms with Crippen LogP contribution in [0.5, 0.6) is 5.75 Å². The molecule has 0 atom stereocenters. The molecule has 210 valence electrons. The first-order valence-corrected chi connectivity index (χ1v) is 13.7. The lowest BCUT2D eigenvalue weighted by Crippen LogP contribution is -2.25. The summed E-state index contributed by atoms with van der Waals surface area (Å²) in [7, 11) is 1.66. The van der Waals surface area contributed by atoms with Gasteiger partial charge in [0.15, 0.2) is 17.4 Å². The number of fused-ring (bicyclic) bond motifs is 1. The van der Waals surface area contributed by atoms with E-state index in [1.54, 1.807) is 7.11 Å². The monoisotopic (exact) mass is 540 g/mol. The number of unbranched alkanes of at least 4 members (excludes halogenated alkanes) is 1. The zero-order valence-corrected chi connectivity index (χ0v) is 24.3. The SMILES string of the molecule is C=CN(c1cc(CNC(=C)OCCCCn2cnc3c(C)nc(-c4cccc(OC)c4)nc32)ccc1C)C(C)C. The van der Waals surface area contributed by atoms with Gasteiger partial charge in [-0.3, -0.25) is 0 Å². The number of nitrogens with zero attached hydrogens (tertiary/aromatic N) is 5. The van der Waals surface area contributed by atoms with Gasteiger partial charge in [-0.1, -0.05) is 30.8 Å². The molecule has 0 amide bonds. The van der Waals surface area contributed by atoms with Gasteiger partial charge in [0.05, 0.1) is 25.7 Å². The van der Waals surface area contributed by atoms with Crippen molar-refractivity contribution in [3.05, 3.63) is 90.9 Å². The second kappa shape index (κ2) is 13.2. The number of imidazole rings is 1. The van der Waals surface area contributed by atoms with Crippen LogP contribution in [0.4, 0.5) is 5.69 Å². The van der Waals surface area contributed by atoms with Gasteiger partial charge >= 0.3 is 0 Å². The van der Waals surface area contributed by atoms with Crippen LogP contribution in [0.15, 0.2) is 74.0 Å². The summed E-state index contributed by atoms with van der Waals surface area (Å²) in [5.41, 5.74) is 6.97. The van der Waals surface area contributed by atoms with E-state index in [1.165, 1.54) is 11.3 Å². The van der Waals surface area contributed by atoms with Crippen LogP contribution in [0.2, 0.25) is 0 Å². The number of hydrogen-bond acceptors (Lipinski definition) is 7. The van der Waals surface area contributed by atoms with Crippen LogP contribution in [-0.4, -0.2) is 39.3 Å². The molecule has 0 aliphatic heterocycles. The van der Waals surface area contributed by atoms with Gasteiger partial charge in [-0.25, -0.2) is 15.0 Å². The number of aromatic nitrogens is 4. The van der Waals surface area contributed by atoms with Crippen LogP contribution in [0.1, 0.15) is 43.5 Å². The third-order valence-corrected chi connectivity index (χ3v) is 6.83. The Morgan fingerprint density at radius 3 is 2.70 bits per heavy atom. The summed E-state index contributed by atoms with van der Waals surface area (Å²) >= 11 is 0. The summed E-state index contributed by atoms with van der Waals surface area (Å²) in [5, 5.41) is 3.29. The summed E-state index contributed by atoms with van der Waals surface area (Å²) < 4.78 is 13.3. The zero-order chi connectivity index (χ0) is 28.6. The van der Waals surface area contributed by atoms with E-state index in [1.807, 2.05) is 43.7 Å². The maximum Gasteiger partial charge on any atom is 0.179 e. The van der Waals surface area contributed by atoms with Gasteiger partial charge in [0, 0.05) is 30.4 Å². The molecule has 2 aromatic carbocycles. The minimum absolute atomic E-state index is 0.338. The lowest BCUT2D eigenvalue weighted by molar-refractivity contribution is 0.185.